The Kier molecular flexibility index (Phi) is 4.46. The second kappa shape index (κ2) is 4.91. The average Bonchev–Trinajstić information content (AvgIpc) is 1.99. The first-order valence-electron chi connectivity index (χ1n) is 3.51. The molecule has 2 heteroatoms. The first kappa shape index (κ1) is 9.08. The van der Waals surface area contributed by atoms with Gasteiger partial charge in [-0.2, -0.15) is 0 Å². The lowest BCUT2D eigenvalue weighted by Crippen LogP contribution is -2.13. The summed E-state index contributed by atoms with van der Waals surface area (Å²) in [5.41, 5.74) is 2.36. The molecule has 0 bridgehead atoms. The Morgan fingerprint density at radius 2 is 2.20 bits per heavy atom. The Morgan fingerprint density at radius 3 is 2.50 bits per heavy atom. The van der Waals surface area contributed by atoms with Gasteiger partial charge in [-0.3, -0.25) is 0 Å². The minimum absolute atomic E-state index is 0.999. The van der Waals surface area contributed by atoms with Crippen LogP contribution in [-0.2, 0) is 0 Å². The molecule has 0 aliphatic rings. The van der Waals surface area contributed by atoms with Crippen molar-refractivity contribution in [3.8, 4) is 0 Å². The van der Waals surface area contributed by atoms with E-state index in [0.717, 1.165) is 6.42 Å². The zero-order valence-electron chi connectivity index (χ0n) is 6.99. The highest BCUT2D eigenvalue weighted by Gasteiger charge is 1.93. The number of rotatable bonds is 4. The van der Waals surface area contributed by atoms with Crippen molar-refractivity contribution in [3.63, 3.8) is 0 Å². The smallest absolute Gasteiger partial charge is 0.0333 e. The highest BCUT2D eigenvalue weighted by atomic mass is 14.9. The van der Waals surface area contributed by atoms with Gasteiger partial charge in [-0.15, -0.1) is 0 Å². The third-order valence-electron chi connectivity index (χ3n) is 1.46. The summed E-state index contributed by atoms with van der Waals surface area (Å²) in [6.45, 7) is 7.73. The molecule has 0 aliphatic heterocycles. The van der Waals surface area contributed by atoms with E-state index in [4.69, 9.17) is 0 Å². The number of nitrogens with one attached hydrogen (secondary N) is 2. The van der Waals surface area contributed by atoms with Gasteiger partial charge in [-0.25, -0.2) is 0 Å². The Morgan fingerprint density at radius 1 is 1.60 bits per heavy atom. The predicted octanol–water partition coefficient (Wildman–Crippen LogP) is 1.58. The molecule has 0 amide bonds. The molecule has 0 heterocycles. The lowest BCUT2D eigenvalue weighted by molar-refractivity contribution is 0.851. The van der Waals surface area contributed by atoms with Crippen LogP contribution in [0, 0.1) is 0 Å². The van der Waals surface area contributed by atoms with Crippen LogP contribution in [-0.4, -0.2) is 7.05 Å². The summed E-state index contributed by atoms with van der Waals surface area (Å²) in [6, 6.07) is 0. The minimum atomic E-state index is 0.999. The number of hydrogen-bond acceptors (Lipinski definition) is 2. The van der Waals surface area contributed by atoms with Crippen molar-refractivity contribution in [3.05, 3.63) is 24.2 Å². The van der Waals surface area contributed by atoms with Gasteiger partial charge in [0.2, 0.25) is 0 Å². The number of hydrogen-bond donors (Lipinski definition) is 2. The number of allylic oxidation sites excluding steroid dienone is 2. The van der Waals surface area contributed by atoms with Crippen molar-refractivity contribution in [2.45, 2.75) is 20.3 Å². The third-order valence-corrected chi connectivity index (χ3v) is 1.46. The predicted molar refractivity (Wildman–Crippen MR) is 45.4 cm³/mol. The summed E-state index contributed by atoms with van der Waals surface area (Å²) >= 11 is 0. The van der Waals surface area contributed by atoms with E-state index in [1.165, 1.54) is 11.4 Å². The molecular weight excluding hydrogens is 124 g/mol. The molecule has 0 unspecified atom stereocenters. The fraction of sp³-hybridized carbons (Fsp3) is 0.500. The van der Waals surface area contributed by atoms with Crippen LogP contribution in [0.25, 0.3) is 0 Å². The van der Waals surface area contributed by atoms with Crippen LogP contribution in [0.1, 0.15) is 20.3 Å². The zero-order valence-corrected chi connectivity index (χ0v) is 6.99. The van der Waals surface area contributed by atoms with Crippen LogP contribution >= 0.6 is 0 Å². The molecule has 2 nitrogen and oxygen atoms in total. The van der Waals surface area contributed by atoms with Gasteiger partial charge in [0, 0.05) is 18.4 Å². The van der Waals surface area contributed by atoms with Crippen LogP contribution < -0.4 is 10.6 Å². The van der Waals surface area contributed by atoms with Gasteiger partial charge < -0.3 is 10.6 Å². The summed E-state index contributed by atoms with van der Waals surface area (Å²) in [6.07, 6.45) is 2.69. The SMILES string of the molecule is C=CN/C(CC)=C(/C)NC. The first-order valence-corrected chi connectivity index (χ1v) is 3.51. The molecule has 58 valence electrons. The van der Waals surface area contributed by atoms with E-state index in [0.29, 0.717) is 0 Å². The Balaban J connectivity index is 4.13. The Hall–Kier alpha value is -0.920. The molecule has 0 aromatic rings. The summed E-state index contributed by atoms with van der Waals surface area (Å²) in [7, 11) is 1.91. The van der Waals surface area contributed by atoms with Crippen LogP contribution in [0.4, 0.5) is 0 Å². The van der Waals surface area contributed by atoms with E-state index in [9.17, 15) is 0 Å². The maximum absolute atomic E-state index is 3.59. The van der Waals surface area contributed by atoms with Gasteiger partial charge in [-0.05, 0) is 19.5 Å². The molecule has 0 radical (unpaired) electrons. The van der Waals surface area contributed by atoms with Crippen LogP contribution in [0.5, 0.6) is 0 Å². The fourth-order valence-electron chi connectivity index (χ4n) is 0.750. The molecule has 0 saturated carbocycles. The normalized spacial score (nSPS) is 11.9. The molecule has 10 heavy (non-hydrogen) atoms. The lowest BCUT2D eigenvalue weighted by Gasteiger charge is -2.08. The van der Waals surface area contributed by atoms with Crippen molar-refractivity contribution in [1.82, 2.24) is 10.6 Å². The quantitative estimate of drug-likeness (QED) is 0.619. The standard InChI is InChI=1S/C8H16N2/c1-5-8(10-6-2)7(3)9-4/h6,9-10H,2,5H2,1,3-4H3/b8-7-. The first-order chi connectivity index (χ1) is 4.76. The molecule has 2 N–H and O–H groups in total. The van der Waals surface area contributed by atoms with Crippen molar-refractivity contribution in [1.29, 1.82) is 0 Å². The molecule has 0 fully saturated rings. The van der Waals surface area contributed by atoms with Gasteiger partial charge >= 0.3 is 0 Å². The molecule has 0 rings (SSSR count). The van der Waals surface area contributed by atoms with E-state index in [2.05, 4.69) is 24.1 Å². The van der Waals surface area contributed by atoms with Crippen molar-refractivity contribution < 1.29 is 0 Å². The molecule has 0 aliphatic carbocycles. The topological polar surface area (TPSA) is 24.1 Å². The molecule has 0 spiro atoms. The van der Waals surface area contributed by atoms with E-state index < -0.39 is 0 Å². The van der Waals surface area contributed by atoms with Gasteiger partial charge in [-0.1, -0.05) is 13.5 Å². The summed E-state index contributed by atoms with van der Waals surface area (Å²) in [5, 5.41) is 6.13. The van der Waals surface area contributed by atoms with E-state index in [1.54, 1.807) is 6.20 Å². The molecular formula is C8H16N2. The van der Waals surface area contributed by atoms with Gasteiger partial charge in [0.15, 0.2) is 0 Å². The summed E-state index contributed by atoms with van der Waals surface area (Å²) in [4.78, 5) is 0. The van der Waals surface area contributed by atoms with Crippen molar-refractivity contribution in [2.75, 3.05) is 7.05 Å². The fourth-order valence-corrected chi connectivity index (χ4v) is 0.750. The van der Waals surface area contributed by atoms with Crippen molar-refractivity contribution >= 4 is 0 Å². The minimum Gasteiger partial charge on any atom is -0.390 e. The van der Waals surface area contributed by atoms with Crippen LogP contribution in [0.3, 0.4) is 0 Å². The zero-order chi connectivity index (χ0) is 7.98. The molecule has 0 aromatic carbocycles. The maximum atomic E-state index is 3.59. The highest BCUT2D eigenvalue weighted by Crippen LogP contribution is 2.00. The molecule has 0 saturated heterocycles. The summed E-state index contributed by atoms with van der Waals surface area (Å²) < 4.78 is 0. The second-order valence-electron chi connectivity index (χ2n) is 2.06. The van der Waals surface area contributed by atoms with Gasteiger partial charge in [0.25, 0.3) is 0 Å². The van der Waals surface area contributed by atoms with Crippen molar-refractivity contribution in [2.24, 2.45) is 0 Å². The largest absolute Gasteiger partial charge is 0.390 e. The monoisotopic (exact) mass is 140 g/mol. The van der Waals surface area contributed by atoms with Gasteiger partial charge in [0.1, 0.15) is 0 Å². The maximum Gasteiger partial charge on any atom is 0.0333 e. The van der Waals surface area contributed by atoms with E-state index in [1.807, 2.05) is 14.0 Å². The second-order valence-corrected chi connectivity index (χ2v) is 2.06. The van der Waals surface area contributed by atoms with Crippen LogP contribution in [0.15, 0.2) is 24.2 Å². The molecule has 0 atom stereocenters. The average molecular weight is 140 g/mol. The summed E-state index contributed by atoms with van der Waals surface area (Å²) in [5.74, 6) is 0. The lowest BCUT2D eigenvalue weighted by atomic mass is 10.3. The molecule has 0 aromatic heterocycles. The van der Waals surface area contributed by atoms with E-state index >= 15 is 0 Å². The Labute approximate surface area is 63.0 Å². The van der Waals surface area contributed by atoms with Crippen LogP contribution in [0.2, 0.25) is 0 Å². The van der Waals surface area contributed by atoms with Gasteiger partial charge in [0.05, 0.1) is 0 Å². The third kappa shape index (κ3) is 2.58. The Bertz CT molecular complexity index is 136. The highest BCUT2D eigenvalue weighted by molar-refractivity contribution is 5.09. The van der Waals surface area contributed by atoms with E-state index in [-0.39, 0.29) is 0 Å².